The van der Waals surface area contributed by atoms with E-state index >= 15 is 0 Å². The summed E-state index contributed by atoms with van der Waals surface area (Å²) in [6, 6.07) is 10.9. The summed E-state index contributed by atoms with van der Waals surface area (Å²) in [5.74, 6) is -0.503. The van der Waals surface area contributed by atoms with Gasteiger partial charge in [0.15, 0.2) is 0 Å². The van der Waals surface area contributed by atoms with Crippen LogP contribution in [0.1, 0.15) is 17.0 Å². The van der Waals surface area contributed by atoms with Gasteiger partial charge in [0.25, 0.3) is 0 Å². The molecule has 4 nitrogen and oxygen atoms in total. The van der Waals surface area contributed by atoms with E-state index in [0.717, 1.165) is 17.3 Å². The average Bonchev–Trinajstić information content (AvgIpc) is 2.44. The number of ether oxygens (including phenoxy) is 1. The molecule has 0 saturated carbocycles. The van der Waals surface area contributed by atoms with Gasteiger partial charge >= 0.3 is 5.97 Å². The van der Waals surface area contributed by atoms with Gasteiger partial charge in [0.05, 0.1) is 0 Å². The first-order chi connectivity index (χ1) is 10.0. The van der Waals surface area contributed by atoms with Crippen LogP contribution in [-0.2, 0) is 11.4 Å². The molecule has 2 rings (SSSR count). The van der Waals surface area contributed by atoms with Gasteiger partial charge < -0.3 is 9.84 Å². The minimum absolute atomic E-state index is 0.333. The van der Waals surface area contributed by atoms with Gasteiger partial charge in [-0.1, -0.05) is 23.7 Å². The zero-order valence-electron chi connectivity index (χ0n) is 11.4. The predicted octanol–water partition coefficient (Wildman–Crippen LogP) is 3.72. The van der Waals surface area contributed by atoms with Crippen molar-refractivity contribution < 1.29 is 14.6 Å². The van der Waals surface area contributed by atoms with Gasteiger partial charge in [-0.15, -0.1) is 0 Å². The Morgan fingerprint density at radius 1 is 1.38 bits per heavy atom. The molecule has 1 N–H and O–H groups in total. The normalized spacial score (nSPS) is 10.8. The van der Waals surface area contributed by atoms with Crippen molar-refractivity contribution in [1.82, 2.24) is 4.98 Å². The van der Waals surface area contributed by atoms with Crippen molar-refractivity contribution in [3.05, 3.63) is 64.4 Å². The summed E-state index contributed by atoms with van der Waals surface area (Å²) >= 11 is 5.92. The molecule has 0 bridgehead atoms. The standard InChI is InChI=1S/C16H14ClNO3/c1-11-5-7-15(14(18-11)6-8-16(19)20)21-10-12-3-2-4-13(17)9-12/h2-9H,10H2,1H3,(H,19,20). The molecular weight excluding hydrogens is 290 g/mol. The highest BCUT2D eigenvalue weighted by atomic mass is 35.5. The lowest BCUT2D eigenvalue weighted by Gasteiger charge is -2.09. The Labute approximate surface area is 127 Å². The Morgan fingerprint density at radius 2 is 2.19 bits per heavy atom. The molecule has 0 fully saturated rings. The highest BCUT2D eigenvalue weighted by molar-refractivity contribution is 6.30. The molecular formula is C16H14ClNO3. The summed E-state index contributed by atoms with van der Waals surface area (Å²) in [4.78, 5) is 14.9. The molecule has 1 heterocycles. The lowest BCUT2D eigenvalue weighted by molar-refractivity contribution is -0.131. The average molecular weight is 304 g/mol. The van der Waals surface area contributed by atoms with Gasteiger partial charge in [0.1, 0.15) is 18.1 Å². The summed E-state index contributed by atoms with van der Waals surface area (Å²) in [6.45, 7) is 2.16. The second-order valence-electron chi connectivity index (χ2n) is 4.43. The van der Waals surface area contributed by atoms with Crippen molar-refractivity contribution in [2.75, 3.05) is 0 Å². The van der Waals surface area contributed by atoms with Crippen molar-refractivity contribution in [3.8, 4) is 5.75 Å². The number of aromatic nitrogens is 1. The largest absolute Gasteiger partial charge is 0.487 e. The molecule has 0 spiro atoms. The van der Waals surface area contributed by atoms with Crippen LogP contribution in [0.25, 0.3) is 6.08 Å². The van der Waals surface area contributed by atoms with Gasteiger partial charge in [-0.25, -0.2) is 9.78 Å². The van der Waals surface area contributed by atoms with Crippen molar-refractivity contribution in [2.45, 2.75) is 13.5 Å². The van der Waals surface area contributed by atoms with Crippen LogP contribution < -0.4 is 4.74 Å². The molecule has 1 aromatic heterocycles. The van der Waals surface area contributed by atoms with E-state index in [9.17, 15) is 4.79 Å². The molecule has 5 heteroatoms. The molecule has 0 atom stereocenters. The van der Waals surface area contributed by atoms with Crippen molar-refractivity contribution >= 4 is 23.6 Å². The molecule has 0 aliphatic carbocycles. The Hall–Kier alpha value is -2.33. The molecule has 2 aromatic rings. The molecule has 0 unspecified atom stereocenters. The first-order valence-corrected chi connectivity index (χ1v) is 6.68. The van der Waals surface area contributed by atoms with E-state index in [2.05, 4.69) is 4.98 Å². The Morgan fingerprint density at radius 3 is 2.90 bits per heavy atom. The van der Waals surface area contributed by atoms with E-state index in [1.165, 1.54) is 6.08 Å². The fourth-order valence-electron chi connectivity index (χ4n) is 1.74. The minimum Gasteiger partial charge on any atom is -0.487 e. The van der Waals surface area contributed by atoms with Crippen molar-refractivity contribution in [3.63, 3.8) is 0 Å². The van der Waals surface area contributed by atoms with Crippen molar-refractivity contribution in [2.24, 2.45) is 0 Å². The van der Waals surface area contributed by atoms with Gasteiger partial charge in [-0.05, 0) is 42.8 Å². The second kappa shape index (κ2) is 6.90. The SMILES string of the molecule is Cc1ccc(OCc2cccc(Cl)c2)c(C=CC(=O)O)n1. The molecule has 0 saturated heterocycles. The van der Waals surface area contributed by atoms with Gasteiger partial charge in [0.2, 0.25) is 0 Å². The number of carboxylic acids is 1. The first kappa shape index (κ1) is 15.1. The van der Waals surface area contributed by atoms with Crippen LogP contribution >= 0.6 is 11.6 Å². The van der Waals surface area contributed by atoms with Crippen LogP contribution in [0.4, 0.5) is 0 Å². The number of rotatable bonds is 5. The number of hydrogen-bond donors (Lipinski definition) is 1. The molecule has 0 amide bonds. The predicted molar refractivity (Wildman–Crippen MR) is 81.4 cm³/mol. The number of aliphatic carboxylic acids is 1. The molecule has 21 heavy (non-hydrogen) atoms. The van der Waals surface area contributed by atoms with E-state index in [4.69, 9.17) is 21.4 Å². The second-order valence-corrected chi connectivity index (χ2v) is 4.86. The van der Waals surface area contributed by atoms with Crippen LogP contribution in [0.3, 0.4) is 0 Å². The number of benzene rings is 1. The maximum Gasteiger partial charge on any atom is 0.328 e. The fourth-order valence-corrected chi connectivity index (χ4v) is 1.96. The van der Waals surface area contributed by atoms with Gasteiger partial charge in [0, 0.05) is 16.8 Å². The fraction of sp³-hybridized carbons (Fsp3) is 0.125. The lowest BCUT2D eigenvalue weighted by Crippen LogP contribution is -1.99. The number of carbonyl (C=O) groups is 1. The van der Waals surface area contributed by atoms with Crippen LogP contribution in [0.5, 0.6) is 5.75 Å². The molecule has 0 aliphatic rings. The summed E-state index contributed by atoms with van der Waals surface area (Å²) < 4.78 is 5.70. The van der Waals surface area contributed by atoms with E-state index in [0.29, 0.717) is 23.1 Å². The number of aryl methyl sites for hydroxylation is 1. The molecule has 0 aliphatic heterocycles. The Kier molecular flexibility index (Phi) is 4.95. The van der Waals surface area contributed by atoms with Crippen LogP contribution in [-0.4, -0.2) is 16.1 Å². The third kappa shape index (κ3) is 4.61. The van der Waals surface area contributed by atoms with Crippen LogP contribution in [0, 0.1) is 6.92 Å². The Balaban J connectivity index is 2.17. The maximum absolute atomic E-state index is 10.6. The van der Waals surface area contributed by atoms with E-state index in [1.54, 1.807) is 12.1 Å². The summed E-state index contributed by atoms with van der Waals surface area (Å²) in [5, 5.41) is 9.35. The highest BCUT2D eigenvalue weighted by Gasteiger charge is 2.05. The van der Waals surface area contributed by atoms with E-state index in [-0.39, 0.29) is 0 Å². The monoisotopic (exact) mass is 303 g/mol. The Bertz CT molecular complexity index is 683. The highest BCUT2D eigenvalue weighted by Crippen LogP contribution is 2.20. The zero-order chi connectivity index (χ0) is 15.2. The maximum atomic E-state index is 10.6. The quantitative estimate of drug-likeness (QED) is 0.855. The number of carboxylic acid groups (broad SMARTS) is 1. The summed E-state index contributed by atoms with van der Waals surface area (Å²) in [5.41, 5.74) is 2.20. The third-order valence-corrected chi connectivity index (χ3v) is 2.93. The smallest absolute Gasteiger partial charge is 0.328 e. The number of halogens is 1. The number of hydrogen-bond acceptors (Lipinski definition) is 3. The van der Waals surface area contributed by atoms with Crippen LogP contribution in [0.15, 0.2) is 42.5 Å². The minimum atomic E-state index is -1.03. The first-order valence-electron chi connectivity index (χ1n) is 6.30. The molecule has 0 radical (unpaired) electrons. The van der Waals surface area contributed by atoms with Crippen LogP contribution in [0.2, 0.25) is 5.02 Å². The van der Waals surface area contributed by atoms with E-state index < -0.39 is 5.97 Å². The number of nitrogens with zero attached hydrogens (tertiary/aromatic N) is 1. The lowest BCUT2D eigenvalue weighted by atomic mass is 10.2. The van der Waals surface area contributed by atoms with Gasteiger partial charge in [-0.3, -0.25) is 0 Å². The van der Waals surface area contributed by atoms with Crippen molar-refractivity contribution in [1.29, 1.82) is 0 Å². The summed E-state index contributed by atoms with van der Waals surface area (Å²) in [7, 11) is 0. The van der Waals surface area contributed by atoms with Gasteiger partial charge in [-0.2, -0.15) is 0 Å². The topological polar surface area (TPSA) is 59.4 Å². The zero-order valence-corrected chi connectivity index (χ0v) is 12.2. The third-order valence-electron chi connectivity index (χ3n) is 2.69. The van der Waals surface area contributed by atoms with E-state index in [1.807, 2.05) is 31.2 Å². The molecule has 108 valence electrons. The molecule has 1 aromatic carbocycles. The number of pyridine rings is 1. The summed E-state index contributed by atoms with van der Waals surface area (Å²) in [6.07, 6.45) is 2.46.